The Hall–Kier alpha value is -3.85. The fraction of sp³-hybridized carbons (Fsp3) is 0.296. The van der Waals surface area contributed by atoms with E-state index in [1.807, 2.05) is 18.2 Å². The highest BCUT2D eigenvalue weighted by atomic mass is 32.1. The first-order valence-electron chi connectivity index (χ1n) is 11.8. The zero-order valence-electron chi connectivity index (χ0n) is 20.0. The van der Waals surface area contributed by atoms with Crippen LogP contribution in [0.4, 0.5) is 5.13 Å². The van der Waals surface area contributed by atoms with Crippen molar-refractivity contribution in [1.29, 1.82) is 0 Å². The summed E-state index contributed by atoms with van der Waals surface area (Å²) in [5.41, 5.74) is 0.961. The normalized spacial score (nSPS) is 18.6. The minimum absolute atomic E-state index is 0.0220. The predicted molar refractivity (Wildman–Crippen MR) is 136 cm³/mol. The molecule has 36 heavy (non-hydrogen) atoms. The summed E-state index contributed by atoms with van der Waals surface area (Å²) < 4.78 is 17.1. The van der Waals surface area contributed by atoms with Crippen molar-refractivity contribution in [2.75, 3.05) is 24.7 Å². The van der Waals surface area contributed by atoms with E-state index in [4.69, 9.17) is 14.2 Å². The van der Waals surface area contributed by atoms with Crippen LogP contribution in [0.3, 0.4) is 0 Å². The Morgan fingerprint density at radius 3 is 2.72 bits per heavy atom. The van der Waals surface area contributed by atoms with Crippen molar-refractivity contribution in [1.82, 2.24) is 4.98 Å². The van der Waals surface area contributed by atoms with E-state index in [0.717, 1.165) is 6.42 Å². The molecule has 0 spiro atoms. The number of rotatable bonds is 7. The van der Waals surface area contributed by atoms with Gasteiger partial charge >= 0.3 is 5.91 Å². The number of amides is 1. The van der Waals surface area contributed by atoms with Crippen molar-refractivity contribution in [3.8, 4) is 17.2 Å². The number of hydrogen-bond acceptors (Lipinski definition) is 8. The maximum Gasteiger partial charge on any atom is 0.301 e. The lowest BCUT2D eigenvalue weighted by atomic mass is 9.95. The minimum atomic E-state index is -0.877. The second-order valence-electron chi connectivity index (χ2n) is 8.95. The lowest BCUT2D eigenvalue weighted by Crippen LogP contribution is -2.29. The van der Waals surface area contributed by atoms with Gasteiger partial charge in [-0.05, 0) is 48.2 Å². The average Bonchev–Trinajstić information content (AvgIpc) is 3.50. The van der Waals surface area contributed by atoms with E-state index in [1.54, 1.807) is 35.8 Å². The van der Waals surface area contributed by atoms with Gasteiger partial charge in [-0.2, -0.15) is 0 Å². The monoisotopic (exact) mass is 506 g/mol. The summed E-state index contributed by atoms with van der Waals surface area (Å²) in [5, 5.41) is 13.5. The average molecular weight is 507 g/mol. The van der Waals surface area contributed by atoms with Crippen LogP contribution in [-0.4, -0.2) is 41.6 Å². The van der Waals surface area contributed by atoms with Gasteiger partial charge < -0.3 is 19.3 Å². The molecule has 1 fully saturated rings. The number of aromatic nitrogens is 1. The van der Waals surface area contributed by atoms with E-state index in [-0.39, 0.29) is 11.3 Å². The van der Waals surface area contributed by atoms with Crippen LogP contribution in [0.2, 0.25) is 0 Å². The molecule has 186 valence electrons. The number of anilines is 1. The Morgan fingerprint density at radius 1 is 1.17 bits per heavy atom. The second-order valence-corrected chi connectivity index (χ2v) is 9.82. The van der Waals surface area contributed by atoms with Crippen LogP contribution in [0.15, 0.2) is 59.6 Å². The number of nitrogens with zero attached hydrogens (tertiary/aromatic N) is 2. The summed E-state index contributed by atoms with van der Waals surface area (Å²) in [5.74, 6) is 0.322. The number of aliphatic hydroxyl groups is 1. The first-order chi connectivity index (χ1) is 17.4. The number of benzene rings is 2. The molecule has 1 N–H and O–H groups in total. The number of Topliss-reactive ketones (excluding diaryl/α,β-unsaturated/α-hetero) is 1. The van der Waals surface area contributed by atoms with Crippen molar-refractivity contribution in [2.45, 2.75) is 26.3 Å². The minimum Gasteiger partial charge on any atom is -0.507 e. The van der Waals surface area contributed by atoms with Gasteiger partial charge in [-0.15, -0.1) is 11.3 Å². The van der Waals surface area contributed by atoms with Crippen LogP contribution in [0.25, 0.3) is 5.76 Å². The van der Waals surface area contributed by atoms with Crippen molar-refractivity contribution in [3.63, 3.8) is 0 Å². The highest BCUT2D eigenvalue weighted by Crippen LogP contribution is 2.44. The molecule has 2 aliphatic rings. The highest BCUT2D eigenvalue weighted by Gasteiger charge is 2.48. The van der Waals surface area contributed by atoms with Gasteiger partial charge in [0.05, 0.1) is 18.2 Å². The predicted octanol–water partition coefficient (Wildman–Crippen LogP) is 4.97. The molecule has 1 atom stereocenters. The number of ether oxygens (including phenoxy) is 3. The quantitative estimate of drug-likeness (QED) is 0.275. The van der Waals surface area contributed by atoms with E-state index in [1.165, 1.54) is 16.2 Å². The van der Waals surface area contributed by atoms with Gasteiger partial charge in [0.25, 0.3) is 5.78 Å². The van der Waals surface area contributed by atoms with Gasteiger partial charge in [0.1, 0.15) is 24.7 Å². The third-order valence-electron chi connectivity index (χ3n) is 6.02. The molecule has 1 aromatic heterocycles. The number of hydrogen-bond donors (Lipinski definition) is 1. The van der Waals surface area contributed by atoms with Crippen LogP contribution in [0, 0.1) is 5.92 Å². The van der Waals surface area contributed by atoms with E-state index in [0.29, 0.717) is 59.2 Å². The van der Waals surface area contributed by atoms with Gasteiger partial charge in [-0.3, -0.25) is 14.5 Å². The van der Waals surface area contributed by atoms with Crippen molar-refractivity contribution in [2.24, 2.45) is 5.92 Å². The Bertz CT molecular complexity index is 1320. The summed E-state index contributed by atoms with van der Waals surface area (Å²) in [6.07, 6.45) is 2.47. The molecular formula is C27H26N2O6S. The molecule has 0 radical (unpaired) electrons. The standard InChI is InChI=1S/C27H26N2O6S/c1-16(2)8-10-33-19-5-3-4-17(14-19)23-22(25(31)26(32)29(23)27-28-9-13-36-27)24(30)18-6-7-20-21(15-18)35-12-11-34-20/h3-7,9,13-16,23,30H,8,10-12H2,1-2H3/b24-22+/t23-/m0/s1. The largest absolute Gasteiger partial charge is 0.507 e. The fourth-order valence-electron chi connectivity index (χ4n) is 4.21. The molecule has 1 saturated heterocycles. The molecule has 3 aromatic rings. The highest BCUT2D eigenvalue weighted by molar-refractivity contribution is 7.14. The van der Waals surface area contributed by atoms with Crippen LogP contribution < -0.4 is 19.1 Å². The van der Waals surface area contributed by atoms with Crippen LogP contribution in [0.1, 0.15) is 37.4 Å². The Kier molecular flexibility index (Phi) is 6.65. The maximum atomic E-state index is 13.3. The molecule has 1 amide bonds. The van der Waals surface area contributed by atoms with Crippen molar-refractivity contribution in [3.05, 3.63) is 70.7 Å². The van der Waals surface area contributed by atoms with Gasteiger partial charge in [0.2, 0.25) is 0 Å². The zero-order chi connectivity index (χ0) is 25.2. The molecule has 8 nitrogen and oxygen atoms in total. The molecule has 2 aromatic carbocycles. The lowest BCUT2D eigenvalue weighted by Gasteiger charge is -2.24. The number of thiazole rings is 1. The number of carbonyl (C=O) groups excluding carboxylic acids is 2. The summed E-state index contributed by atoms with van der Waals surface area (Å²) in [4.78, 5) is 32.1. The first-order valence-corrected chi connectivity index (χ1v) is 12.6. The number of carbonyl (C=O) groups is 2. The topological polar surface area (TPSA) is 98.2 Å². The number of ketones is 1. The summed E-state index contributed by atoms with van der Waals surface area (Å²) in [6.45, 7) is 5.62. The first kappa shape index (κ1) is 23.9. The van der Waals surface area contributed by atoms with E-state index >= 15 is 0 Å². The molecule has 0 aliphatic carbocycles. The smallest absolute Gasteiger partial charge is 0.301 e. The van der Waals surface area contributed by atoms with Gasteiger partial charge in [-0.1, -0.05) is 26.0 Å². The lowest BCUT2D eigenvalue weighted by molar-refractivity contribution is -0.132. The molecule has 5 rings (SSSR count). The number of fused-ring (bicyclic) bond motifs is 1. The van der Waals surface area contributed by atoms with Crippen LogP contribution in [0.5, 0.6) is 17.2 Å². The maximum absolute atomic E-state index is 13.3. The van der Waals surface area contributed by atoms with E-state index in [2.05, 4.69) is 18.8 Å². The third-order valence-corrected chi connectivity index (χ3v) is 6.79. The van der Waals surface area contributed by atoms with Gasteiger partial charge in [0, 0.05) is 17.1 Å². The molecule has 0 bridgehead atoms. The van der Waals surface area contributed by atoms with Gasteiger partial charge in [0.15, 0.2) is 16.6 Å². The Labute approximate surface area is 212 Å². The SMILES string of the molecule is CC(C)CCOc1cccc([C@H]2/C(=C(\O)c3ccc4c(c3)OCCO4)C(=O)C(=O)N2c2nccs2)c1. The molecule has 3 heterocycles. The van der Waals surface area contributed by atoms with E-state index < -0.39 is 17.7 Å². The third kappa shape index (κ3) is 4.54. The molecule has 2 aliphatic heterocycles. The van der Waals surface area contributed by atoms with E-state index in [9.17, 15) is 14.7 Å². The van der Waals surface area contributed by atoms with Crippen molar-refractivity contribution < 1.29 is 28.9 Å². The second kappa shape index (κ2) is 10.0. The molecule has 0 saturated carbocycles. The Balaban J connectivity index is 1.60. The Morgan fingerprint density at radius 2 is 1.97 bits per heavy atom. The molecule has 0 unspecified atom stereocenters. The summed E-state index contributed by atoms with van der Waals surface area (Å²) in [7, 11) is 0. The van der Waals surface area contributed by atoms with Gasteiger partial charge in [-0.25, -0.2) is 4.98 Å². The summed E-state index contributed by atoms with van der Waals surface area (Å²) in [6, 6.07) is 11.3. The zero-order valence-corrected chi connectivity index (χ0v) is 20.8. The van der Waals surface area contributed by atoms with Crippen LogP contribution >= 0.6 is 11.3 Å². The fourth-order valence-corrected chi connectivity index (χ4v) is 4.88. The molecular weight excluding hydrogens is 480 g/mol. The summed E-state index contributed by atoms with van der Waals surface area (Å²) >= 11 is 1.24. The van der Waals surface area contributed by atoms with Crippen molar-refractivity contribution >= 4 is 33.9 Å². The van der Waals surface area contributed by atoms with Crippen LogP contribution in [-0.2, 0) is 9.59 Å². The molecule has 9 heteroatoms. The number of aliphatic hydroxyl groups excluding tert-OH is 1.